The summed E-state index contributed by atoms with van der Waals surface area (Å²) in [6.45, 7) is 3.69. The van der Waals surface area contributed by atoms with E-state index >= 15 is 0 Å². The molecule has 10 heteroatoms. The third kappa shape index (κ3) is 4.75. The Morgan fingerprint density at radius 1 is 1.68 bits per heavy atom. The Labute approximate surface area is 110 Å². The van der Waals surface area contributed by atoms with Crippen molar-refractivity contribution in [1.82, 2.24) is 10.2 Å². The summed E-state index contributed by atoms with van der Waals surface area (Å²) in [5.74, 6) is -0.412. The van der Waals surface area contributed by atoms with Crippen LogP contribution in [-0.2, 0) is 14.8 Å². The number of amidine groups is 1. The van der Waals surface area contributed by atoms with Crippen molar-refractivity contribution in [2.75, 3.05) is 17.1 Å². The number of hydrogen-bond acceptors (Lipinski definition) is 6. The molecular weight excluding hydrogens is 274 g/mol. The molecule has 0 radical (unpaired) electrons. The van der Waals surface area contributed by atoms with Gasteiger partial charge in [-0.25, -0.2) is 8.42 Å². The molecule has 0 aliphatic rings. The maximum Gasteiger partial charge on any atom is 0.236 e. The molecule has 5 N–H and O–H groups in total. The Morgan fingerprint density at radius 3 is 2.95 bits per heavy atom. The van der Waals surface area contributed by atoms with Gasteiger partial charge in [0.1, 0.15) is 5.82 Å². The van der Waals surface area contributed by atoms with Crippen LogP contribution in [0.15, 0.2) is 11.4 Å². The fourth-order valence-corrected chi connectivity index (χ4v) is 2.10. The summed E-state index contributed by atoms with van der Waals surface area (Å²) in [6, 6.07) is 0. The number of nitrogens with one attached hydrogen (secondary N) is 2. The van der Waals surface area contributed by atoms with Gasteiger partial charge in [0.05, 0.1) is 30.2 Å². The highest BCUT2D eigenvalue weighted by Gasteiger charge is 2.16. The predicted molar refractivity (Wildman–Crippen MR) is 69.6 cm³/mol. The summed E-state index contributed by atoms with van der Waals surface area (Å²) >= 11 is 0. The van der Waals surface area contributed by atoms with Gasteiger partial charge in [-0.15, -0.1) is 0 Å². The van der Waals surface area contributed by atoms with E-state index in [1.165, 1.54) is 6.20 Å². The third-order valence-corrected chi connectivity index (χ3v) is 3.30. The lowest BCUT2D eigenvalue weighted by molar-refractivity contribution is 0.0913. The van der Waals surface area contributed by atoms with Gasteiger partial charge >= 0.3 is 0 Å². The van der Waals surface area contributed by atoms with Crippen molar-refractivity contribution in [3.63, 3.8) is 0 Å². The van der Waals surface area contributed by atoms with Crippen LogP contribution >= 0.6 is 0 Å². The third-order valence-electron chi connectivity index (χ3n) is 2.08. The molecular formula is C9H17N5O4S. The molecule has 0 aromatic carbocycles. The number of anilines is 1. The molecule has 1 heterocycles. The molecule has 0 aliphatic heterocycles. The van der Waals surface area contributed by atoms with Gasteiger partial charge in [0, 0.05) is 0 Å². The number of nitrogens with zero attached hydrogens (tertiary/aromatic N) is 2. The Balaban J connectivity index is 2.71. The Morgan fingerprint density at radius 2 is 2.37 bits per heavy atom. The van der Waals surface area contributed by atoms with E-state index in [0.717, 1.165) is 0 Å². The summed E-state index contributed by atoms with van der Waals surface area (Å²) in [7, 11) is -3.60. The maximum atomic E-state index is 11.8. The number of nitrogens with two attached hydrogens (primary N) is 1. The topological polar surface area (TPSA) is 143 Å². The quantitative estimate of drug-likeness (QED) is 0.234. The van der Waals surface area contributed by atoms with Crippen molar-refractivity contribution in [3.05, 3.63) is 11.8 Å². The molecule has 0 amide bonds. The van der Waals surface area contributed by atoms with Crippen LogP contribution < -0.4 is 10.5 Å². The fourth-order valence-electron chi connectivity index (χ4n) is 1.21. The summed E-state index contributed by atoms with van der Waals surface area (Å²) in [4.78, 5) is 0. The van der Waals surface area contributed by atoms with Gasteiger partial charge < -0.3 is 15.7 Å². The first-order valence-electron chi connectivity index (χ1n) is 5.49. The van der Waals surface area contributed by atoms with E-state index < -0.39 is 10.0 Å². The second-order valence-corrected chi connectivity index (χ2v) is 5.83. The van der Waals surface area contributed by atoms with Crippen molar-refractivity contribution in [2.45, 2.75) is 20.0 Å². The zero-order chi connectivity index (χ0) is 14.5. The maximum absolute atomic E-state index is 11.8. The lowest BCUT2D eigenvalue weighted by atomic mass is 10.3. The van der Waals surface area contributed by atoms with E-state index in [0.29, 0.717) is 0 Å². The molecule has 1 aromatic rings. The number of hydrogen-bond donors (Lipinski definition) is 4. The largest absolute Gasteiger partial charge is 0.409 e. The number of aromatic nitrogens is 2. The molecule has 1 aromatic heterocycles. The standard InChI is InChI=1S/C9H17N5O4S/c1-6(2)18-3-4-19(16,17)14-9-7(5-11-12-9)8(10)13-15/h5-6,15H,3-4H2,1-2H3,(H2,10,13)(H2,11,12,14). The van der Waals surface area contributed by atoms with E-state index in [1.54, 1.807) is 0 Å². The minimum atomic E-state index is -3.60. The fraction of sp³-hybridized carbons (Fsp3) is 0.556. The van der Waals surface area contributed by atoms with Gasteiger partial charge in [-0.2, -0.15) is 5.10 Å². The molecule has 0 fully saturated rings. The van der Waals surface area contributed by atoms with Crippen LogP contribution in [0.5, 0.6) is 0 Å². The zero-order valence-corrected chi connectivity index (χ0v) is 11.4. The second kappa shape index (κ2) is 6.38. The predicted octanol–water partition coefficient (Wildman–Crippen LogP) is -0.329. The van der Waals surface area contributed by atoms with Crippen LogP contribution in [0, 0.1) is 0 Å². The average molecular weight is 291 g/mol. The van der Waals surface area contributed by atoms with Crippen molar-refractivity contribution in [2.24, 2.45) is 10.9 Å². The monoisotopic (exact) mass is 291 g/mol. The molecule has 108 valence electrons. The van der Waals surface area contributed by atoms with E-state index in [9.17, 15) is 8.42 Å². The van der Waals surface area contributed by atoms with Crippen molar-refractivity contribution >= 4 is 21.7 Å². The Kier molecular flexibility index (Phi) is 5.12. The number of ether oxygens (including phenoxy) is 1. The Bertz CT molecular complexity index is 537. The summed E-state index contributed by atoms with van der Waals surface area (Å²) in [5, 5.41) is 17.4. The van der Waals surface area contributed by atoms with Crippen LogP contribution in [-0.4, -0.2) is 48.1 Å². The van der Waals surface area contributed by atoms with E-state index in [1.807, 2.05) is 13.8 Å². The van der Waals surface area contributed by atoms with Gasteiger partial charge in [-0.1, -0.05) is 5.16 Å². The number of H-pyrrole nitrogens is 1. The number of oxime groups is 1. The first-order valence-corrected chi connectivity index (χ1v) is 7.14. The van der Waals surface area contributed by atoms with E-state index in [-0.39, 0.29) is 35.7 Å². The van der Waals surface area contributed by atoms with Crippen LogP contribution in [0.25, 0.3) is 0 Å². The summed E-state index contributed by atoms with van der Waals surface area (Å²) in [6.07, 6.45) is 1.20. The van der Waals surface area contributed by atoms with Gasteiger partial charge in [-0.05, 0) is 13.8 Å². The molecule has 0 unspecified atom stereocenters. The molecule has 0 bridgehead atoms. The van der Waals surface area contributed by atoms with Gasteiger partial charge in [-0.3, -0.25) is 9.82 Å². The highest BCUT2D eigenvalue weighted by Crippen LogP contribution is 2.12. The highest BCUT2D eigenvalue weighted by atomic mass is 32.2. The van der Waals surface area contributed by atoms with Crippen molar-refractivity contribution < 1.29 is 18.4 Å². The zero-order valence-electron chi connectivity index (χ0n) is 10.6. The van der Waals surface area contributed by atoms with Gasteiger partial charge in [0.25, 0.3) is 0 Å². The average Bonchev–Trinajstić information content (AvgIpc) is 2.74. The lowest BCUT2D eigenvalue weighted by Gasteiger charge is -2.09. The first-order chi connectivity index (χ1) is 8.85. The molecule has 0 atom stereocenters. The summed E-state index contributed by atoms with van der Waals surface area (Å²) in [5.41, 5.74) is 5.54. The van der Waals surface area contributed by atoms with Gasteiger partial charge in [0.15, 0.2) is 5.84 Å². The minimum absolute atomic E-state index is 0.0415. The molecule has 0 saturated carbocycles. The van der Waals surface area contributed by atoms with E-state index in [4.69, 9.17) is 15.7 Å². The number of rotatable bonds is 7. The molecule has 19 heavy (non-hydrogen) atoms. The van der Waals surface area contributed by atoms with Crippen LogP contribution in [0.1, 0.15) is 19.4 Å². The van der Waals surface area contributed by atoms with Crippen LogP contribution in [0.4, 0.5) is 5.82 Å². The Hall–Kier alpha value is -1.81. The SMILES string of the molecule is CC(C)OCCS(=O)(=O)Nc1[nH]ncc1C(N)=NO. The smallest absolute Gasteiger partial charge is 0.236 e. The minimum Gasteiger partial charge on any atom is -0.409 e. The molecule has 0 aliphatic carbocycles. The van der Waals surface area contributed by atoms with E-state index in [2.05, 4.69) is 20.1 Å². The normalized spacial score (nSPS) is 12.9. The van der Waals surface area contributed by atoms with Crippen molar-refractivity contribution in [3.8, 4) is 0 Å². The van der Waals surface area contributed by atoms with Crippen molar-refractivity contribution in [1.29, 1.82) is 0 Å². The summed E-state index contributed by atoms with van der Waals surface area (Å²) < 4.78 is 30.9. The first kappa shape index (κ1) is 15.2. The molecule has 0 spiro atoms. The van der Waals surface area contributed by atoms with Crippen LogP contribution in [0.3, 0.4) is 0 Å². The number of sulfonamides is 1. The number of aromatic amines is 1. The van der Waals surface area contributed by atoms with Crippen LogP contribution in [0.2, 0.25) is 0 Å². The van der Waals surface area contributed by atoms with Gasteiger partial charge in [0.2, 0.25) is 10.0 Å². The molecule has 0 saturated heterocycles. The highest BCUT2D eigenvalue weighted by molar-refractivity contribution is 7.92. The molecule has 1 rings (SSSR count). The lowest BCUT2D eigenvalue weighted by Crippen LogP contribution is -2.23. The molecule has 9 nitrogen and oxygen atoms in total. The second-order valence-electron chi connectivity index (χ2n) is 3.98.